The molecule has 1 amide bonds. The maximum absolute atomic E-state index is 12.4. The smallest absolute Gasteiger partial charge is 0.257 e. The number of amides is 1. The molecular weight excluding hydrogens is 268 g/mol. The topological polar surface area (TPSA) is 67.3 Å². The van der Waals surface area contributed by atoms with Gasteiger partial charge in [0.25, 0.3) is 5.91 Å². The molecule has 6 heteroatoms. The van der Waals surface area contributed by atoms with Crippen LogP contribution in [0, 0.1) is 5.92 Å². The highest BCUT2D eigenvalue weighted by atomic mass is 16.5. The molecule has 1 aliphatic rings. The minimum atomic E-state index is 0.0102. The third-order valence-electron chi connectivity index (χ3n) is 3.51. The van der Waals surface area contributed by atoms with Gasteiger partial charge in [-0.2, -0.15) is 0 Å². The van der Waals surface area contributed by atoms with Crippen molar-refractivity contribution in [2.75, 3.05) is 38.2 Å². The van der Waals surface area contributed by atoms with E-state index in [0.29, 0.717) is 17.4 Å². The number of ether oxygens (including phenoxy) is 1. The van der Waals surface area contributed by atoms with Gasteiger partial charge in [-0.3, -0.25) is 4.79 Å². The molecule has 0 unspecified atom stereocenters. The normalized spacial score (nSPS) is 18.0. The Bertz CT molecular complexity index is 449. The van der Waals surface area contributed by atoms with Crippen molar-refractivity contribution in [3.8, 4) is 0 Å². The number of likely N-dealkylation sites (tertiary alicyclic amines) is 1. The monoisotopic (exact) mass is 292 g/mol. The molecule has 0 radical (unpaired) electrons. The Morgan fingerprint density at radius 2 is 2.19 bits per heavy atom. The molecule has 1 N–H and O–H groups in total. The second kappa shape index (κ2) is 7.93. The van der Waals surface area contributed by atoms with E-state index in [1.165, 1.54) is 0 Å². The first-order chi connectivity index (χ1) is 10.2. The largest absolute Gasteiger partial charge is 0.381 e. The van der Waals surface area contributed by atoms with Crippen molar-refractivity contribution < 1.29 is 9.53 Å². The van der Waals surface area contributed by atoms with Crippen molar-refractivity contribution in [2.45, 2.75) is 26.7 Å². The molecule has 1 aromatic rings. The number of carbonyl (C=O) groups is 1. The van der Waals surface area contributed by atoms with E-state index in [9.17, 15) is 4.79 Å². The predicted octanol–water partition coefficient (Wildman–Crippen LogP) is 1.80. The van der Waals surface area contributed by atoms with E-state index < -0.39 is 0 Å². The first-order valence-electron chi connectivity index (χ1n) is 7.67. The fourth-order valence-corrected chi connectivity index (χ4v) is 2.42. The van der Waals surface area contributed by atoms with Gasteiger partial charge in [-0.1, -0.05) is 6.92 Å². The molecule has 116 valence electrons. The lowest BCUT2D eigenvalue weighted by atomic mass is 10.1. The number of rotatable bonds is 7. The minimum absolute atomic E-state index is 0.0102. The van der Waals surface area contributed by atoms with E-state index in [2.05, 4.69) is 22.2 Å². The summed E-state index contributed by atoms with van der Waals surface area (Å²) in [6.45, 7) is 7.93. The number of carbonyl (C=O) groups excluding carboxylic acids is 1. The quantitative estimate of drug-likeness (QED) is 0.776. The molecule has 2 rings (SSSR count). The number of hydrogen-bond acceptors (Lipinski definition) is 5. The Balaban J connectivity index is 1.86. The molecule has 21 heavy (non-hydrogen) atoms. The van der Waals surface area contributed by atoms with Crippen molar-refractivity contribution in [3.63, 3.8) is 0 Å². The van der Waals surface area contributed by atoms with Crippen LogP contribution in [0.5, 0.6) is 0 Å². The Hall–Kier alpha value is -1.69. The van der Waals surface area contributed by atoms with Gasteiger partial charge in [0.05, 0.1) is 12.2 Å². The molecule has 1 saturated heterocycles. The Labute approximate surface area is 125 Å². The fraction of sp³-hybridized carbons (Fsp3) is 0.667. The van der Waals surface area contributed by atoms with Gasteiger partial charge in [0.2, 0.25) is 5.95 Å². The van der Waals surface area contributed by atoms with Gasteiger partial charge in [0.1, 0.15) is 0 Å². The van der Waals surface area contributed by atoms with Crippen molar-refractivity contribution in [1.29, 1.82) is 0 Å². The second-order valence-electron chi connectivity index (χ2n) is 5.31. The Kier molecular flexibility index (Phi) is 5.92. The fourth-order valence-electron chi connectivity index (χ4n) is 2.42. The average molecular weight is 292 g/mol. The van der Waals surface area contributed by atoms with Crippen LogP contribution in [0.1, 0.15) is 37.0 Å². The predicted molar refractivity (Wildman–Crippen MR) is 81.3 cm³/mol. The molecule has 1 aliphatic heterocycles. The number of nitrogens with one attached hydrogen (secondary N) is 1. The van der Waals surface area contributed by atoms with E-state index in [4.69, 9.17) is 4.74 Å². The van der Waals surface area contributed by atoms with E-state index in [-0.39, 0.29) is 5.91 Å². The molecule has 0 bridgehead atoms. The lowest BCUT2D eigenvalue weighted by Crippen LogP contribution is -2.29. The van der Waals surface area contributed by atoms with Crippen LogP contribution >= 0.6 is 0 Å². The zero-order chi connectivity index (χ0) is 15.1. The highest BCUT2D eigenvalue weighted by Gasteiger charge is 2.27. The third kappa shape index (κ3) is 4.39. The summed E-state index contributed by atoms with van der Waals surface area (Å²) in [5.41, 5.74) is 0.548. The van der Waals surface area contributed by atoms with Crippen molar-refractivity contribution in [2.24, 2.45) is 5.92 Å². The van der Waals surface area contributed by atoms with Crippen LogP contribution in [-0.2, 0) is 4.74 Å². The molecule has 1 aromatic heterocycles. The summed E-state index contributed by atoms with van der Waals surface area (Å²) in [5, 5.41) is 3.02. The van der Waals surface area contributed by atoms with Gasteiger partial charge in [-0.05, 0) is 19.8 Å². The summed E-state index contributed by atoms with van der Waals surface area (Å²) in [6.07, 6.45) is 5.22. The molecule has 0 aliphatic carbocycles. The van der Waals surface area contributed by atoms with Gasteiger partial charge in [0, 0.05) is 44.6 Å². The summed E-state index contributed by atoms with van der Waals surface area (Å²) in [6, 6.07) is 0. The van der Waals surface area contributed by atoms with Gasteiger partial charge in [-0.15, -0.1) is 0 Å². The zero-order valence-corrected chi connectivity index (χ0v) is 12.8. The third-order valence-corrected chi connectivity index (χ3v) is 3.51. The standard InChI is InChI=1S/C15H24N4O2/c1-3-7-21-11-12-5-6-19(10-12)14(20)13-8-17-15(16-4-2)18-9-13/h8-9,12H,3-7,10-11H2,1-2H3,(H,16,17,18)/t12-/m0/s1. The number of nitrogens with zero attached hydrogens (tertiary/aromatic N) is 3. The van der Waals surface area contributed by atoms with Crippen LogP contribution in [0.3, 0.4) is 0 Å². The summed E-state index contributed by atoms with van der Waals surface area (Å²) in [7, 11) is 0. The zero-order valence-electron chi connectivity index (χ0n) is 12.8. The van der Waals surface area contributed by atoms with E-state index >= 15 is 0 Å². The SMILES string of the molecule is CCCOC[C@H]1CCN(C(=O)c2cnc(NCC)nc2)C1. The molecule has 2 heterocycles. The van der Waals surface area contributed by atoms with Crippen molar-refractivity contribution >= 4 is 11.9 Å². The van der Waals surface area contributed by atoms with E-state index in [1.54, 1.807) is 12.4 Å². The second-order valence-corrected chi connectivity index (χ2v) is 5.31. The maximum Gasteiger partial charge on any atom is 0.257 e. The molecule has 1 fully saturated rings. The summed E-state index contributed by atoms with van der Waals surface area (Å²) in [5.74, 6) is 1.01. The first-order valence-corrected chi connectivity index (χ1v) is 7.67. The summed E-state index contributed by atoms with van der Waals surface area (Å²) >= 11 is 0. The van der Waals surface area contributed by atoms with Crippen molar-refractivity contribution in [1.82, 2.24) is 14.9 Å². The molecule has 0 aromatic carbocycles. The molecule has 0 saturated carbocycles. The highest BCUT2D eigenvalue weighted by Crippen LogP contribution is 2.19. The van der Waals surface area contributed by atoms with Crippen LogP contribution in [0.15, 0.2) is 12.4 Å². The van der Waals surface area contributed by atoms with Crippen LogP contribution in [0.2, 0.25) is 0 Å². The molecular formula is C15H24N4O2. The lowest BCUT2D eigenvalue weighted by molar-refractivity contribution is 0.0753. The van der Waals surface area contributed by atoms with E-state index in [0.717, 1.165) is 45.7 Å². The molecule has 6 nitrogen and oxygen atoms in total. The average Bonchev–Trinajstić information content (AvgIpc) is 2.97. The van der Waals surface area contributed by atoms with Gasteiger partial charge < -0.3 is 15.0 Å². The highest BCUT2D eigenvalue weighted by molar-refractivity contribution is 5.93. The van der Waals surface area contributed by atoms with Crippen molar-refractivity contribution in [3.05, 3.63) is 18.0 Å². The van der Waals surface area contributed by atoms with Gasteiger partial charge in [-0.25, -0.2) is 9.97 Å². The Morgan fingerprint density at radius 1 is 1.43 bits per heavy atom. The summed E-state index contributed by atoms with van der Waals surface area (Å²) < 4.78 is 5.57. The lowest BCUT2D eigenvalue weighted by Gasteiger charge is -2.16. The van der Waals surface area contributed by atoms with Crippen LogP contribution in [0.4, 0.5) is 5.95 Å². The first kappa shape index (κ1) is 15.7. The number of anilines is 1. The summed E-state index contributed by atoms with van der Waals surface area (Å²) in [4.78, 5) is 22.5. The minimum Gasteiger partial charge on any atom is -0.381 e. The van der Waals surface area contributed by atoms with Crippen LogP contribution in [0.25, 0.3) is 0 Å². The van der Waals surface area contributed by atoms with Crippen LogP contribution < -0.4 is 5.32 Å². The maximum atomic E-state index is 12.4. The van der Waals surface area contributed by atoms with Crippen LogP contribution in [-0.4, -0.2) is 53.6 Å². The van der Waals surface area contributed by atoms with Gasteiger partial charge >= 0.3 is 0 Å². The van der Waals surface area contributed by atoms with Gasteiger partial charge in [0.15, 0.2) is 0 Å². The molecule has 1 atom stereocenters. The molecule has 0 spiro atoms. The number of aromatic nitrogens is 2. The van der Waals surface area contributed by atoms with E-state index in [1.807, 2.05) is 11.8 Å². The number of hydrogen-bond donors (Lipinski definition) is 1. The Morgan fingerprint density at radius 3 is 2.86 bits per heavy atom.